The number of halogens is 2. The Morgan fingerprint density at radius 2 is 1.85 bits per heavy atom. The van der Waals surface area contributed by atoms with Gasteiger partial charge in [0.15, 0.2) is 12.2 Å². The molecule has 9 heteroatoms. The minimum Gasteiger partial charge on any atom is -0.455 e. The molecule has 0 spiro atoms. The van der Waals surface area contributed by atoms with Gasteiger partial charge in [-0.3, -0.25) is 9.59 Å². The average Bonchev–Trinajstić information content (AvgIpc) is 3.04. The predicted octanol–water partition coefficient (Wildman–Crippen LogP) is 3.15. The van der Waals surface area contributed by atoms with Crippen LogP contribution in [0.2, 0.25) is 0 Å². The molecule has 0 radical (unpaired) electrons. The molecule has 1 aromatic heterocycles. The lowest BCUT2D eigenvalue weighted by molar-refractivity contribution is -0.146. The quantitative estimate of drug-likeness (QED) is 0.637. The number of para-hydroxylation sites is 1. The zero-order valence-corrected chi connectivity index (χ0v) is 13.9. The number of carbonyl (C=O) groups is 2. The summed E-state index contributed by atoms with van der Waals surface area (Å²) in [6, 6.07) is 12.4. The number of nitrogens with one attached hydrogen (secondary N) is 1. The summed E-state index contributed by atoms with van der Waals surface area (Å²) in [4.78, 5) is 23.7. The Morgan fingerprint density at radius 1 is 1.11 bits per heavy atom. The number of benzene rings is 2. The maximum Gasteiger partial charge on any atom is 0.387 e. The lowest BCUT2D eigenvalue weighted by Gasteiger charge is -2.08. The van der Waals surface area contributed by atoms with Gasteiger partial charge in [0.25, 0.3) is 5.91 Å². The monoisotopic (exact) mass is 376 g/mol. The first-order valence-corrected chi connectivity index (χ1v) is 7.85. The van der Waals surface area contributed by atoms with Gasteiger partial charge in [0.1, 0.15) is 11.4 Å². The second-order valence-electron chi connectivity index (χ2n) is 5.41. The number of amides is 1. The van der Waals surface area contributed by atoms with Gasteiger partial charge < -0.3 is 19.3 Å². The number of hydrogen-bond donors (Lipinski definition) is 1. The fraction of sp³-hybridized carbons (Fsp3) is 0.167. The second-order valence-corrected chi connectivity index (χ2v) is 5.41. The first-order chi connectivity index (χ1) is 13.0. The van der Waals surface area contributed by atoms with Gasteiger partial charge in [-0.15, -0.1) is 0 Å². The first kappa shape index (κ1) is 18.3. The SMILES string of the molecule is O=C(COC(=O)Cc1noc2ccccc12)Nc1ccc(OC(F)F)cc1. The van der Waals surface area contributed by atoms with Crippen molar-refractivity contribution in [1.29, 1.82) is 0 Å². The van der Waals surface area contributed by atoms with E-state index in [2.05, 4.69) is 15.2 Å². The third-order valence-corrected chi connectivity index (χ3v) is 3.49. The van der Waals surface area contributed by atoms with Crippen LogP contribution in [0.25, 0.3) is 11.0 Å². The van der Waals surface area contributed by atoms with E-state index in [0.29, 0.717) is 22.4 Å². The molecule has 7 nitrogen and oxygen atoms in total. The van der Waals surface area contributed by atoms with Crippen molar-refractivity contribution in [3.8, 4) is 5.75 Å². The number of anilines is 1. The maximum atomic E-state index is 12.1. The predicted molar refractivity (Wildman–Crippen MR) is 90.4 cm³/mol. The molecule has 3 rings (SSSR count). The molecule has 1 N–H and O–H groups in total. The standard InChI is InChI=1S/C18H14F2N2O5/c19-18(20)26-12-7-5-11(6-8-12)21-16(23)10-25-17(24)9-14-13-3-1-2-4-15(13)27-22-14/h1-8,18H,9-10H2,(H,21,23). The molecule has 0 unspecified atom stereocenters. The fourth-order valence-corrected chi connectivity index (χ4v) is 2.32. The number of rotatable bonds is 7. The lowest BCUT2D eigenvalue weighted by atomic mass is 10.2. The molecule has 1 heterocycles. The molecule has 3 aromatic rings. The highest BCUT2D eigenvalue weighted by Gasteiger charge is 2.14. The van der Waals surface area contributed by atoms with Crippen LogP contribution < -0.4 is 10.1 Å². The largest absolute Gasteiger partial charge is 0.455 e. The van der Waals surface area contributed by atoms with Crippen LogP contribution in [0.4, 0.5) is 14.5 Å². The molecule has 0 aliphatic carbocycles. The number of aromatic nitrogens is 1. The summed E-state index contributed by atoms with van der Waals surface area (Å²) >= 11 is 0. The van der Waals surface area contributed by atoms with Gasteiger partial charge in [-0.1, -0.05) is 17.3 Å². The summed E-state index contributed by atoms with van der Waals surface area (Å²) in [7, 11) is 0. The van der Waals surface area contributed by atoms with Crippen LogP contribution in [-0.4, -0.2) is 30.3 Å². The van der Waals surface area contributed by atoms with E-state index in [9.17, 15) is 18.4 Å². The van der Waals surface area contributed by atoms with Gasteiger partial charge in [0.05, 0.1) is 6.42 Å². The van der Waals surface area contributed by atoms with E-state index < -0.39 is 25.1 Å². The van der Waals surface area contributed by atoms with Crippen LogP contribution in [-0.2, 0) is 20.7 Å². The van der Waals surface area contributed by atoms with Crippen LogP contribution in [0.3, 0.4) is 0 Å². The minimum absolute atomic E-state index is 0.0331. The van der Waals surface area contributed by atoms with Crippen molar-refractivity contribution >= 4 is 28.5 Å². The molecular weight excluding hydrogens is 362 g/mol. The Kier molecular flexibility index (Phi) is 5.60. The van der Waals surface area contributed by atoms with Crippen LogP contribution in [0.15, 0.2) is 53.1 Å². The highest BCUT2D eigenvalue weighted by Crippen LogP contribution is 2.19. The molecular formula is C18H14F2N2O5. The molecule has 27 heavy (non-hydrogen) atoms. The van der Waals surface area contributed by atoms with Crippen molar-refractivity contribution in [2.24, 2.45) is 0 Å². The number of ether oxygens (including phenoxy) is 2. The van der Waals surface area contributed by atoms with Crippen molar-refractivity contribution in [3.63, 3.8) is 0 Å². The molecule has 140 valence electrons. The van der Waals surface area contributed by atoms with E-state index in [-0.39, 0.29) is 12.2 Å². The van der Waals surface area contributed by atoms with Crippen molar-refractivity contribution in [2.75, 3.05) is 11.9 Å². The molecule has 2 aromatic carbocycles. The first-order valence-electron chi connectivity index (χ1n) is 7.85. The molecule has 0 saturated carbocycles. The van der Waals surface area contributed by atoms with Gasteiger partial charge in [0, 0.05) is 11.1 Å². The topological polar surface area (TPSA) is 90.7 Å². The normalized spacial score (nSPS) is 10.8. The fourth-order valence-electron chi connectivity index (χ4n) is 2.32. The van der Waals surface area contributed by atoms with Crippen LogP contribution in [0.5, 0.6) is 5.75 Å². The highest BCUT2D eigenvalue weighted by atomic mass is 19.3. The average molecular weight is 376 g/mol. The minimum atomic E-state index is -2.92. The van der Waals surface area contributed by atoms with E-state index in [1.165, 1.54) is 24.3 Å². The van der Waals surface area contributed by atoms with Crippen LogP contribution in [0, 0.1) is 0 Å². The van der Waals surface area contributed by atoms with Crippen molar-refractivity contribution in [1.82, 2.24) is 5.16 Å². The van der Waals surface area contributed by atoms with Gasteiger partial charge in [-0.2, -0.15) is 8.78 Å². The maximum absolute atomic E-state index is 12.1. The summed E-state index contributed by atoms with van der Waals surface area (Å²) in [6.07, 6.45) is -0.135. The van der Waals surface area contributed by atoms with Crippen molar-refractivity contribution < 1.29 is 32.4 Å². The van der Waals surface area contributed by atoms with E-state index >= 15 is 0 Å². The van der Waals surface area contributed by atoms with E-state index in [0.717, 1.165) is 0 Å². The third kappa shape index (κ3) is 5.00. The zero-order chi connectivity index (χ0) is 19.2. The highest BCUT2D eigenvalue weighted by molar-refractivity contribution is 5.93. The summed E-state index contributed by atoms with van der Waals surface area (Å²) in [6.45, 7) is -3.42. The summed E-state index contributed by atoms with van der Waals surface area (Å²) < 4.78 is 38.4. The van der Waals surface area contributed by atoms with Gasteiger partial charge in [-0.05, 0) is 36.4 Å². The zero-order valence-electron chi connectivity index (χ0n) is 13.9. The smallest absolute Gasteiger partial charge is 0.387 e. The number of alkyl halides is 2. The molecule has 0 saturated heterocycles. The molecule has 0 bridgehead atoms. The number of nitrogens with zero attached hydrogens (tertiary/aromatic N) is 1. The Morgan fingerprint density at radius 3 is 2.59 bits per heavy atom. The molecule has 0 aliphatic heterocycles. The van der Waals surface area contributed by atoms with Gasteiger partial charge in [0.2, 0.25) is 0 Å². The van der Waals surface area contributed by atoms with Crippen molar-refractivity contribution in [3.05, 3.63) is 54.2 Å². The number of esters is 1. The van der Waals surface area contributed by atoms with E-state index in [1.54, 1.807) is 24.3 Å². The Bertz CT molecular complexity index is 940. The van der Waals surface area contributed by atoms with Crippen molar-refractivity contribution in [2.45, 2.75) is 13.0 Å². The number of hydrogen-bond acceptors (Lipinski definition) is 6. The lowest BCUT2D eigenvalue weighted by Crippen LogP contribution is -2.21. The van der Waals surface area contributed by atoms with E-state index in [1.807, 2.05) is 0 Å². The summed E-state index contributed by atoms with van der Waals surface area (Å²) in [5.74, 6) is -1.24. The second kappa shape index (κ2) is 8.26. The Labute approximate surface area is 151 Å². The Hall–Kier alpha value is -3.49. The Balaban J connectivity index is 1.48. The molecule has 0 atom stereocenters. The van der Waals surface area contributed by atoms with Gasteiger partial charge >= 0.3 is 12.6 Å². The van der Waals surface area contributed by atoms with Crippen LogP contribution >= 0.6 is 0 Å². The molecule has 0 fully saturated rings. The molecule has 0 aliphatic rings. The molecule has 1 amide bonds. The van der Waals surface area contributed by atoms with Gasteiger partial charge in [-0.25, -0.2) is 0 Å². The van der Waals surface area contributed by atoms with Crippen LogP contribution in [0.1, 0.15) is 5.69 Å². The summed E-state index contributed by atoms with van der Waals surface area (Å²) in [5, 5.41) is 6.99. The third-order valence-electron chi connectivity index (χ3n) is 3.49. The van der Waals surface area contributed by atoms with E-state index in [4.69, 9.17) is 9.26 Å². The summed E-state index contributed by atoms with van der Waals surface area (Å²) in [5.41, 5.74) is 1.32. The number of fused-ring (bicyclic) bond motifs is 1. The number of carbonyl (C=O) groups excluding carboxylic acids is 2.